The standard InChI is InChI=1S/C34H35Cl2N5O2/c1-40-17-16-37-19-22-11-10-21(18-30(22)40)24-6-4-7-25(32(24)35)26-8-5-9-27(33(26)36)28-13-14-29(34(39-28)43-3)41(2)20-23-12-15-31(42)38-23/h4-11,13-14,18,23,37H,12,15-17,19-20H2,1-3H3,(H,38,42)/t23-/m0/s1. The lowest BCUT2D eigenvalue weighted by atomic mass is 9.95. The molecule has 43 heavy (non-hydrogen) atoms. The van der Waals surface area contributed by atoms with Crippen LogP contribution in [0.4, 0.5) is 11.4 Å². The minimum atomic E-state index is 0.0993. The Labute approximate surface area is 262 Å². The smallest absolute Gasteiger partial charge is 0.237 e. The third kappa shape index (κ3) is 5.90. The summed E-state index contributed by atoms with van der Waals surface area (Å²) < 4.78 is 5.70. The summed E-state index contributed by atoms with van der Waals surface area (Å²) in [6.07, 6.45) is 1.39. The van der Waals surface area contributed by atoms with Crippen LogP contribution in [0.3, 0.4) is 0 Å². The maximum Gasteiger partial charge on any atom is 0.237 e. The van der Waals surface area contributed by atoms with E-state index in [9.17, 15) is 4.79 Å². The fraction of sp³-hybridized carbons (Fsp3) is 0.294. The van der Waals surface area contributed by atoms with E-state index in [2.05, 4.69) is 51.7 Å². The van der Waals surface area contributed by atoms with Gasteiger partial charge in [0.1, 0.15) is 0 Å². The zero-order chi connectivity index (χ0) is 30.1. The molecule has 0 unspecified atom stereocenters. The molecule has 6 rings (SSSR count). The van der Waals surface area contributed by atoms with E-state index in [4.69, 9.17) is 32.9 Å². The number of halogens is 2. The summed E-state index contributed by atoms with van der Waals surface area (Å²) in [5.74, 6) is 0.594. The monoisotopic (exact) mass is 615 g/mol. The highest BCUT2D eigenvalue weighted by molar-refractivity contribution is 6.39. The Hall–Kier alpha value is -3.78. The fourth-order valence-corrected chi connectivity index (χ4v) is 6.66. The first-order chi connectivity index (χ1) is 20.8. The number of nitrogens with one attached hydrogen (secondary N) is 2. The summed E-state index contributed by atoms with van der Waals surface area (Å²) in [4.78, 5) is 20.8. The summed E-state index contributed by atoms with van der Waals surface area (Å²) in [6, 6.07) is 22.6. The molecule has 1 saturated heterocycles. The van der Waals surface area contributed by atoms with Gasteiger partial charge in [-0.15, -0.1) is 0 Å². The van der Waals surface area contributed by atoms with Crippen LogP contribution in [0.5, 0.6) is 5.88 Å². The van der Waals surface area contributed by atoms with Crippen LogP contribution in [-0.4, -0.2) is 57.8 Å². The van der Waals surface area contributed by atoms with Gasteiger partial charge in [0.15, 0.2) is 0 Å². The van der Waals surface area contributed by atoms with Crippen molar-refractivity contribution < 1.29 is 9.53 Å². The lowest BCUT2D eigenvalue weighted by Gasteiger charge is -2.24. The summed E-state index contributed by atoms with van der Waals surface area (Å²) in [5.41, 5.74) is 8.54. The van der Waals surface area contributed by atoms with Crippen LogP contribution in [0.2, 0.25) is 10.0 Å². The number of fused-ring (bicyclic) bond motifs is 1. The number of pyridine rings is 1. The first-order valence-corrected chi connectivity index (χ1v) is 15.3. The van der Waals surface area contributed by atoms with Gasteiger partial charge >= 0.3 is 0 Å². The molecule has 2 N–H and O–H groups in total. The number of likely N-dealkylation sites (N-methyl/N-ethyl adjacent to an activating group) is 2. The van der Waals surface area contributed by atoms with E-state index in [0.717, 1.165) is 59.6 Å². The molecule has 2 aliphatic heterocycles. The van der Waals surface area contributed by atoms with Gasteiger partial charge in [-0.3, -0.25) is 4.79 Å². The lowest BCUT2D eigenvalue weighted by molar-refractivity contribution is -0.119. The minimum Gasteiger partial charge on any atom is -0.480 e. The summed E-state index contributed by atoms with van der Waals surface area (Å²) in [6.45, 7) is 3.42. The van der Waals surface area contributed by atoms with Crippen molar-refractivity contribution in [2.75, 3.05) is 50.6 Å². The van der Waals surface area contributed by atoms with E-state index in [-0.39, 0.29) is 11.9 Å². The second kappa shape index (κ2) is 12.4. The second-order valence-electron chi connectivity index (χ2n) is 11.2. The summed E-state index contributed by atoms with van der Waals surface area (Å²) in [7, 11) is 5.72. The van der Waals surface area contributed by atoms with Gasteiger partial charge in [-0.05, 0) is 35.7 Å². The molecule has 9 heteroatoms. The molecular formula is C34H35Cl2N5O2. The first kappa shape index (κ1) is 29.3. The predicted molar refractivity (Wildman–Crippen MR) is 177 cm³/mol. The van der Waals surface area contributed by atoms with Crippen LogP contribution in [0.25, 0.3) is 33.5 Å². The molecule has 0 radical (unpaired) electrons. The van der Waals surface area contributed by atoms with Crippen molar-refractivity contribution in [1.82, 2.24) is 15.6 Å². The van der Waals surface area contributed by atoms with Gasteiger partial charge in [-0.25, -0.2) is 4.98 Å². The molecule has 0 aliphatic carbocycles. The van der Waals surface area contributed by atoms with E-state index < -0.39 is 0 Å². The second-order valence-corrected chi connectivity index (χ2v) is 11.9. The minimum absolute atomic E-state index is 0.0993. The Kier molecular flexibility index (Phi) is 8.48. The van der Waals surface area contributed by atoms with Crippen LogP contribution in [0, 0.1) is 0 Å². The van der Waals surface area contributed by atoms with Crippen molar-refractivity contribution in [3.05, 3.63) is 82.3 Å². The van der Waals surface area contributed by atoms with Crippen LogP contribution in [0.1, 0.15) is 18.4 Å². The number of benzene rings is 3. The number of hydrogen-bond acceptors (Lipinski definition) is 6. The van der Waals surface area contributed by atoms with Crippen molar-refractivity contribution in [1.29, 1.82) is 0 Å². The number of rotatable bonds is 7. The van der Waals surface area contributed by atoms with Crippen molar-refractivity contribution in [2.24, 2.45) is 0 Å². The van der Waals surface area contributed by atoms with Gasteiger partial charge in [0.25, 0.3) is 0 Å². The first-order valence-electron chi connectivity index (χ1n) is 14.5. The third-order valence-electron chi connectivity index (χ3n) is 8.33. The highest BCUT2D eigenvalue weighted by Gasteiger charge is 2.24. The maximum absolute atomic E-state index is 11.7. The van der Waals surface area contributed by atoms with Gasteiger partial charge in [-0.2, -0.15) is 0 Å². The number of anilines is 2. The molecule has 0 saturated carbocycles. The Bertz CT molecular complexity index is 1680. The highest BCUT2D eigenvalue weighted by Crippen LogP contribution is 2.43. The van der Waals surface area contributed by atoms with Gasteiger partial charge in [0.2, 0.25) is 11.8 Å². The number of nitrogens with zero attached hydrogens (tertiary/aromatic N) is 3. The molecule has 3 aromatic carbocycles. The molecule has 1 fully saturated rings. The van der Waals surface area contributed by atoms with Crippen molar-refractivity contribution in [3.63, 3.8) is 0 Å². The fourth-order valence-electron chi connectivity index (χ4n) is 5.99. The Balaban J connectivity index is 1.33. The van der Waals surface area contributed by atoms with Crippen molar-refractivity contribution in [2.45, 2.75) is 25.4 Å². The Morgan fingerprint density at radius 2 is 1.72 bits per heavy atom. The number of amides is 1. The molecule has 0 spiro atoms. The Morgan fingerprint density at radius 3 is 2.44 bits per heavy atom. The number of methoxy groups -OCH3 is 1. The predicted octanol–water partition coefficient (Wildman–Crippen LogP) is 6.65. The van der Waals surface area contributed by atoms with Gasteiger partial charge in [0, 0.05) is 80.7 Å². The van der Waals surface area contributed by atoms with E-state index in [1.54, 1.807) is 7.11 Å². The lowest BCUT2D eigenvalue weighted by Crippen LogP contribution is -2.37. The van der Waals surface area contributed by atoms with Gasteiger partial charge in [-0.1, -0.05) is 71.7 Å². The van der Waals surface area contributed by atoms with Crippen LogP contribution >= 0.6 is 23.2 Å². The van der Waals surface area contributed by atoms with E-state index in [1.165, 1.54) is 11.3 Å². The average molecular weight is 617 g/mol. The van der Waals surface area contributed by atoms with Gasteiger partial charge < -0.3 is 25.2 Å². The third-order valence-corrected chi connectivity index (χ3v) is 9.15. The van der Waals surface area contributed by atoms with E-state index in [0.29, 0.717) is 34.6 Å². The zero-order valence-electron chi connectivity index (χ0n) is 24.6. The number of carbonyl (C=O) groups is 1. The van der Waals surface area contributed by atoms with Crippen LogP contribution < -0.4 is 25.2 Å². The number of aromatic nitrogens is 1. The normalized spacial score (nSPS) is 16.4. The molecule has 0 bridgehead atoms. The molecule has 4 aromatic rings. The molecule has 1 atom stereocenters. The highest BCUT2D eigenvalue weighted by atomic mass is 35.5. The van der Waals surface area contributed by atoms with Crippen LogP contribution in [-0.2, 0) is 11.3 Å². The number of ether oxygens (including phenoxy) is 1. The zero-order valence-corrected chi connectivity index (χ0v) is 26.1. The largest absolute Gasteiger partial charge is 0.480 e. The number of carbonyl (C=O) groups excluding carboxylic acids is 1. The molecule has 1 amide bonds. The number of hydrogen-bond donors (Lipinski definition) is 2. The molecule has 3 heterocycles. The van der Waals surface area contributed by atoms with Crippen molar-refractivity contribution in [3.8, 4) is 39.4 Å². The van der Waals surface area contributed by atoms with Crippen LogP contribution in [0.15, 0.2) is 66.7 Å². The summed E-state index contributed by atoms with van der Waals surface area (Å²) >= 11 is 14.2. The quantitative estimate of drug-likeness (QED) is 0.242. The van der Waals surface area contributed by atoms with E-state index in [1.807, 2.05) is 49.5 Å². The van der Waals surface area contributed by atoms with Crippen molar-refractivity contribution >= 4 is 40.5 Å². The average Bonchev–Trinajstić information content (AvgIpc) is 3.33. The van der Waals surface area contributed by atoms with E-state index >= 15 is 0 Å². The molecule has 222 valence electrons. The molecule has 1 aromatic heterocycles. The molecule has 7 nitrogen and oxygen atoms in total. The molecule has 2 aliphatic rings. The molecular weight excluding hydrogens is 581 g/mol. The topological polar surface area (TPSA) is 69.7 Å². The summed E-state index contributed by atoms with van der Waals surface area (Å²) in [5, 5.41) is 7.72. The maximum atomic E-state index is 11.7. The SMILES string of the molecule is COc1nc(-c2cccc(-c3cccc(-c4ccc5c(c4)N(C)CCNC5)c3Cl)c2Cl)ccc1N(C)C[C@@H]1CCC(=O)N1. The Morgan fingerprint density at radius 1 is 1.00 bits per heavy atom. The van der Waals surface area contributed by atoms with Gasteiger partial charge in [0.05, 0.1) is 28.5 Å².